The largest absolute Gasteiger partial charge is 0.481 e. The van der Waals surface area contributed by atoms with Crippen LogP contribution in [0.15, 0.2) is 0 Å². The summed E-state index contributed by atoms with van der Waals surface area (Å²) in [6, 6.07) is 0. The highest BCUT2D eigenvalue weighted by molar-refractivity contribution is 5.76. The number of rotatable bonds is 5. The fraction of sp³-hybridized carbons (Fsp3) is 0.857. The molecule has 2 saturated heterocycles. The second-order valence-corrected chi connectivity index (χ2v) is 5.62. The first-order valence-electron chi connectivity index (χ1n) is 7.26. The standard InChI is InChI=1S/C14H23NO4/c16-13(9-12-4-2-8-19-12)15-7-1-3-11(10-15)5-6-14(17)18/h11-12H,1-10H2,(H,17,18)/t11-,12-/m0/s1. The number of carboxylic acids is 1. The lowest BCUT2D eigenvalue weighted by Crippen LogP contribution is -2.41. The Kier molecular flexibility index (Phi) is 5.19. The van der Waals surface area contributed by atoms with Gasteiger partial charge in [-0.25, -0.2) is 0 Å². The lowest BCUT2D eigenvalue weighted by molar-refractivity contribution is -0.137. The summed E-state index contributed by atoms with van der Waals surface area (Å²) in [4.78, 5) is 24.7. The highest BCUT2D eigenvalue weighted by Crippen LogP contribution is 2.23. The fourth-order valence-corrected chi connectivity index (χ4v) is 2.98. The molecule has 19 heavy (non-hydrogen) atoms. The Hall–Kier alpha value is -1.10. The van der Waals surface area contributed by atoms with Crippen LogP contribution >= 0.6 is 0 Å². The molecule has 2 heterocycles. The minimum absolute atomic E-state index is 0.104. The van der Waals surface area contributed by atoms with Gasteiger partial charge in [0, 0.05) is 26.1 Å². The zero-order chi connectivity index (χ0) is 13.7. The monoisotopic (exact) mass is 269 g/mol. The van der Waals surface area contributed by atoms with Gasteiger partial charge in [-0.2, -0.15) is 0 Å². The van der Waals surface area contributed by atoms with Crippen molar-refractivity contribution < 1.29 is 19.4 Å². The molecule has 0 aromatic heterocycles. The van der Waals surface area contributed by atoms with Crippen LogP contribution < -0.4 is 0 Å². The normalized spacial score (nSPS) is 27.5. The molecule has 2 fully saturated rings. The van der Waals surface area contributed by atoms with E-state index in [1.807, 2.05) is 4.90 Å². The van der Waals surface area contributed by atoms with Gasteiger partial charge in [0.05, 0.1) is 12.5 Å². The van der Waals surface area contributed by atoms with Crippen LogP contribution in [0.25, 0.3) is 0 Å². The van der Waals surface area contributed by atoms with Crippen LogP contribution in [0.5, 0.6) is 0 Å². The van der Waals surface area contributed by atoms with Crippen molar-refractivity contribution in [1.82, 2.24) is 4.90 Å². The Morgan fingerprint density at radius 3 is 2.79 bits per heavy atom. The molecule has 5 heteroatoms. The summed E-state index contributed by atoms with van der Waals surface area (Å²) in [5.74, 6) is -0.229. The molecule has 0 aliphatic carbocycles. The van der Waals surface area contributed by atoms with Gasteiger partial charge in [0.2, 0.25) is 5.91 Å². The molecule has 2 atom stereocenters. The van der Waals surface area contributed by atoms with Gasteiger partial charge in [-0.05, 0) is 38.0 Å². The molecule has 0 aromatic rings. The van der Waals surface area contributed by atoms with E-state index in [4.69, 9.17) is 9.84 Å². The van der Waals surface area contributed by atoms with Gasteiger partial charge in [0.15, 0.2) is 0 Å². The Morgan fingerprint density at radius 1 is 1.26 bits per heavy atom. The van der Waals surface area contributed by atoms with Crippen molar-refractivity contribution in [3.05, 3.63) is 0 Å². The Labute approximate surface area is 113 Å². The number of aliphatic carboxylic acids is 1. The summed E-state index contributed by atoms with van der Waals surface area (Å²) in [6.07, 6.45) is 5.55. The van der Waals surface area contributed by atoms with E-state index in [0.29, 0.717) is 18.8 Å². The third-order valence-electron chi connectivity index (χ3n) is 4.06. The number of carboxylic acid groups (broad SMARTS) is 1. The molecule has 2 aliphatic heterocycles. The van der Waals surface area contributed by atoms with E-state index in [1.165, 1.54) is 0 Å². The number of carbonyl (C=O) groups excluding carboxylic acids is 1. The first kappa shape index (κ1) is 14.3. The van der Waals surface area contributed by atoms with Crippen LogP contribution in [-0.4, -0.2) is 47.7 Å². The first-order valence-corrected chi connectivity index (χ1v) is 7.26. The van der Waals surface area contributed by atoms with E-state index >= 15 is 0 Å². The summed E-state index contributed by atoms with van der Waals surface area (Å²) >= 11 is 0. The predicted octanol–water partition coefficient (Wildman–Crippen LogP) is 1.66. The predicted molar refractivity (Wildman–Crippen MR) is 69.8 cm³/mol. The maximum atomic E-state index is 12.2. The van der Waals surface area contributed by atoms with Gasteiger partial charge in [0.25, 0.3) is 0 Å². The third kappa shape index (κ3) is 4.49. The molecule has 2 rings (SSSR count). The molecule has 108 valence electrons. The fourth-order valence-electron chi connectivity index (χ4n) is 2.98. The summed E-state index contributed by atoms with van der Waals surface area (Å²) in [7, 11) is 0. The smallest absolute Gasteiger partial charge is 0.303 e. The van der Waals surface area contributed by atoms with Crippen molar-refractivity contribution in [2.24, 2.45) is 5.92 Å². The van der Waals surface area contributed by atoms with E-state index in [-0.39, 0.29) is 18.4 Å². The summed E-state index contributed by atoms with van der Waals surface area (Å²) in [5, 5.41) is 8.71. The molecule has 0 saturated carbocycles. The molecular weight excluding hydrogens is 246 g/mol. The lowest BCUT2D eigenvalue weighted by Gasteiger charge is -2.33. The lowest BCUT2D eigenvalue weighted by atomic mass is 9.93. The van der Waals surface area contributed by atoms with E-state index in [0.717, 1.165) is 45.4 Å². The minimum atomic E-state index is -0.747. The summed E-state index contributed by atoms with van der Waals surface area (Å²) < 4.78 is 5.49. The quantitative estimate of drug-likeness (QED) is 0.824. The highest BCUT2D eigenvalue weighted by Gasteiger charge is 2.27. The van der Waals surface area contributed by atoms with Crippen LogP contribution in [0, 0.1) is 5.92 Å². The maximum absolute atomic E-state index is 12.2. The van der Waals surface area contributed by atoms with Gasteiger partial charge in [-0.15, -0.1) is 0 Å². The van der Waals surface area contributed by atoms with Gasteiger partial charge < -0.3 is 14.7 Å². The van der Waals surface area contributed by atoms with Crippen molar-refractivity contribution in [3.8, 4) is 0 Å². The number of piperidine rings is 1. The number of carbonyl (C=O) groups is 2. The topological polar surface area (TPSA) is 66.8 Å². The van der Waals surface area contributed by atoms with Crippen LogP contribution in [0.2, 0.25) is 0 Å². The van der Waals surface area contributed by atoms with Gasteiger partial charge in [0.1, 0.15) is 0 Å². The van der Waals surface area contributed by atoms with Gasteiger partial charge >= 0.3 is 5.97 Å². The number of likely N-dealkylation sites (tertiary alicyclic amines) is 1. The molecule has 0 aromatic carbocycles. The zero-order valence-electron chi connectivity index (χ0n) is 11.3. The van der Waals surface area contributed by atoms with Crippen molar-refractivity contribution >= 4 is 11.9 Å². The molecule has 0 unspecified atom stereocenters. The molecule has 0 radical (unpaired) electrons. The molecule has 5 nitrogen and oxygen atoms in total. The third-order valence-corrected chi connectivity index (χ3v) is 4.06. The Balaban J connectivity index is 1.75. The number of amides is 1. The maximum Gasteiger partial charge on any atom is 0.303 e. The number of hydrogen-bond acceptors (Lipinski definition) is 3. The van der Waals surface area contributed by atoms with E-state index in [2.05, 4.69) is 0 Å². The SMILES string of the molecule is O=C(O)CC[C@@H]1CCCN(C(=O)C[C@@H]2CCCO2)C1. The van der Waals surface area contributed by atoms with E-state index < -0.39 is 5.97 Å². The second-order valence-electron chi connectivity index (χ2n) is 5.62. The molecule has 1 N–H and O–H groups in total. The zero-order valence-corrected chi connectivity index (χ0v) is 11.3. The van der Waals surface area contributed by atoms with Gasteiger partial charge in [-0.3, -0.25) is 9.59 Å². The van der Waals surface area contributed by atoms with Crippen molar-refractivity contribution in [1.29, 1.82) is 0 Å². The number of nitrogens with zero attached hydrogens (tertiary/aromatic N) is 1. The summed E-state index contributed by atoms with van der Waals surface area (Å²) in [5.41, 5.74) is 0. The van der Waals surface area contributed by atoms with E-state index in [9.17, 15) is 9.59 Å². The number of ether oxygens (including phenoxy) is 1. The second kappa shape index (κ2) is 6.89. The van der Waals surface area contributed by atoms with Crippen LogP contribution in [0.3, 0.4) is 0 Å². The van der Waals surface area contributed by atoms with Gasteiger partial charge in [-0.1, -0.05) is 0 Å². The molecule has 0 bridgehead atoms. The van der Waals surface area contributed by atoms with Crippen molar-refractivity contribution in [2.45, 2.75) is 51.0 Å². The average molecular weight is 269 g/mol. The minimum Gasteiger partial charge on any atom is -0.481 e. The highest BCUT2D eigenvalue weighted by atomic mass is 16.5. The Morgan fingerprint density at radius 2 is 2.11 bits per heavy atom. The van der Waals surface area contributed by atoms with Crippen molar-refractivity contribution in [3.63, 3.8) is 0 Å². The molecular formula is C14H23NO4. The molecule has 2 aliphatic rings. The average Bonchev–Trinajstić information content (AvgIpc) is 2.89. The van der Waals surface area contributed by atoms with Crippen LogP contribution in [0.1, 0.15) is 44.9 Å². The summed E-state index contributed by atoms with van der Waals surface area (Å²) in [6.45, 7) is 2.31. The van der Waals surface area contributed by atoms with Crippen LogP contribution in [-0.2, 0) is 14.3 Å². The first-order chi connectivity index (χ1) is 9.15. The molecule has 0 spiro atoms. The van der Waals surface area contributed by atoms with Crippen LogP contribution in [0.4, 0.5) is 0 Å². The van der Waals surface area contributed by atoms with Crippen molar-refractivity contribution in [2.75, 3.05) is 19.7 Å². The Bertz CT molecular complexity index is 325. The molecule has 1 amide bonds. The number of hydrogen-bond donors (Lipinski definition) is 1. The van der Waals surface area contributed by atoms with E-state index in [1.54, 1.807) is 0 Å².